The normalized spacial score (nSPS) is 10.5. The molecule has 0 aliphatic carbocycles. The quantitative estimate of drug-likeness (QED) is 0.560. The molecule has 1 heterocycles. The molecule has 0 amide bonds. The summed E-state index contributed by atoms with van der Waals surface area (Å²) in [6.45, 7) is 0. The van der Waals surface area contributed by atoms with Gasteiger partial charge in [0.05, 0.1) is 15.1 Å². The van der Waals surface area contributed by atoms with Crippen LogP contribution in [0.25, 0.3) is 11.1 Å². The minimum atomic E-state index is 0.180. The monoisotopic (exact) mass is 292 g/mol. The van der Waals surface area contributed by atoms with Gasteiger partial charge in [0, 0.05) is 23.5 Å². The lowest BCUT2D eigenvalue weighted by Gasteiger charge is -2.05. The van der Waals surface area contributed by atoms with Gasteiger partial charge < -0.3 is 0 Å². The summed E-state index contributed by atoms with van der Waals surface area (Å²) < 4.78 is 0. The second kappa shape index (κ2) is 4.76. The molecule has 16 heavy (non-hydrogen) atoms. The molecule has 0 fully saturated rings. The van der Waals surface area contributed by atoms with Gasteiger partial charge >= 0.3 is 0 Å². The van der Waals surface area contributed by atoms with E-state index < -0.39 is 0 Å². The van der Waals surface area contributed by atoms with Crippen molar-refractivity contribution >= 4 is 46.4 Å². The van der Waals surface area contributed by atoms with Crippen molar-refractivity contribution in [3.8, 4) is 11.1 Å². The Morgan fingerprint density at radius 3 is 1.94 bits per heavy atom. The Morgan fingerprint density at radius 2 is 1.31 bits per heavy atom. The molecule has 0 N–H and O–H groups in total. The summed E-state index contributed by atoms with van der Waals surface area (Å²) in [6, 6.07) is 3.24. The minimum Gasteiger partial charge on any atom is -0.226 e. The number of hydrogen-bond donors (Lipinski definition) is 0. The molecule has 1 aromatic heterocycles. The molecule has 0 unspecified atom stereocenters. The number of hydrogen-bond acceptors (Lipinski definition) is 2. The van der Waals surface area contributed by atoms with Gasteiger partial charge in [-0.1, -0.05) is 34.8 Å². The molecule has 0 bridgehead atoms. The van der Waals surface area contributed by atoms with Gasteiger partial charge in [0.2, 0.25) is 5.28 Å². The average Bonchev–Trinajstić information content (AvgIpc) is 2.25. The predicted molar refractivity (Wildman–Crippen MR) is 67.5 cm³/mol. The van der Waals surface area contributed by atoms with Crippen LogP contribution in [0.5, 0.6) is 0 Å². The molecular formula is C10H4Cl4N2. The lowest BCUT2D eigenvalue weighted by atomic mass is 10.1. The highest BCUT2D eigenvalue weighted by atomic mass is 35.5. The van der Waals surface area contributed by atoms with E-state index >= 15 is 0 Å². The molecule has 0 radical (unpaired) electrons. The Balaban J connectivity index is 2.56. The highest BCUT2D eigenvalue weighted by molar-refractivity contribution is 6.44. The zero-order valence-electron chi connectivity index (χ0n) is 7.72. The minimum absolute atomic E-state index is 0.180. The summed E-state index contributed by atoms with van der Waals surface area (Å²) >= 11 is 23.4. The maximum absolute atomic E-state index is 6.04. The van der Waals surface area contributed by atoms with E-state index in [1.165, 1.54) is 0 Å². The van der Waals surface area contributed by atoms with E-state index in [1.807, 2.05) is 0 Å². The van der Waals surface area contributed by atoms with Crippen LogP contribution >= 0.6 is 46.4 Å². The van der Waals surface area contributed by atoms with Crippen LogP contribution in [0.3, 0.4) is 0 Å². The first-order valence-corrected chi connectivity index (χ1v) is 5.71. The van der Waals surface area contributed by atoms with Gasteiger partial charge in [-0.15, -0.1) is 0 Å². The largest absolute Gasteiger partial charge is 0.226 e. The number of rotatable bonds is 1. The second-order valence-electron chi connectivity index (χ2n) is 2.99. The lowest BCUT2D eigenvalue weighted by molar-refractivity contribution is 1.17. The fourth-order valence-electron chi connectivity index (χ4n) is 1.20. The lowest BCUT2D eigenvalue weighted by Crippen LogP contribution is -1.86. The summed E-state index contributed by atoms with van der Waals surface area (Å²) in [6.07, 6.45) is 3.14. The third-order valence-corrected chi connectivity index (χ3v) is 3.17. The molecule has 0 spiro atoms. The van der Waals surface area contributed by atoms with Crippen molar-refractivity contribution in [1.82, 2.24) is 9.97 Å². The van der Waals surface area contributed by atoms with Crippen LogP contribution < -0.4 is 0 Å². The smallest absolute Gasteiger partial charge is 0.222 e. The van der Waals surface area contributed by atoms with Crippen molar-refractivity contribution in [3.05, 3.63) is 44.9 Å². The van der Waals surface area contributed by atoms with E-state index in [1.54, 1.807) is 24.5 Å². The van der Waals surface area contributed by atoms with E-state index in [0.29, 0.717) is 20.6 Å². The molecule has 6 heteroatoms. The molecule has 0 aliphatic rings. The Kier molecular flexibility index (Phi) is 3.55. The molecule has 2 aromatic rings. The van der Waals surface area contributed by atoms with Crippen LogP contribution in [-0.2, 0) is 0 Å². The van der Waals surface area contributed by atoms with E-state index in [-0.39, 0.29) is 5.28 Å². The third kappa shape index (κ3) is 2.41. The summed E-state index contributed by atoms with van der Waals surface area (Å²) in [7, 11) is 0. The van der Waals surface area contributed by atoms with E-state index in [0.717, 1.165) is 5.56 Å². The molecule has 0 saturated carbocycles. The van der Waals surface area contributed by atoms with Crippen molar-refractivity contribution in [2.75, 3.05) is 0 Å². The first-order chi connectivity index (χ1) is 7.58. The Hall–Kier alpha value is -0.540. The van der Waals surface area contributed by atoms with Gasteiger partial charge in [0.15, 0.2) is 0 Å². The number of benzene rings is 1. The summed E-state index contributed by atoms with van der Waals surface area (Å²) in [5, 5.41) is 1.50. The van der Waals surface area contributed by atoms with Crippen molar-refractivity contribution < 1.29 is 0 Å². The first-order valence-electron chi connectivity index (χ1n) is 4.20. The van der Waals surface area contributed by atoms with Gasteiger partial charge in [-0.05, 0) is 23.7 Å². The second-order valence-corrected chi connectivity index (χ2v) is 4.55. The molecule has 2 rings (SSSR count). The topological polar surface area (TPSA) is 25.8 Å². The predicted octanol–water partition coefficient (Wildman–Crippen LogP) is 4.76. The van der Waals surface area contributed by atoms with Gasteiger partial charge in [0.25, 0.3) is 0 Å². The zero-order chi connectivity index (χ0) is 11.7. The summed E-state index contributed by atoms with van der Waals surface area (Å²) in [5.41, 5.74) is 1.45. The van der Waals surface area contributed by atoms with Gasteiger partial charge in [-0.25, -0.2) is 9.97 Å². The van der Waals surface area contributed by atoms with Crippen LogP contribution in [0, 0.1) is 0 Å². The van der Waals surface area contributed by atoms with E-state index in [2.05, 4.69) is 9.97 Å². The summed E-state index contributed by atoms with van der Waals surface area (Å²) in [5.74, 6) is 0. The van der Waals surface area contributed by atoms with Crippen LogP contribution in [-0.4, -0.2) is 9.97 Å². The molecular weight excluding hydrogens is 290 g/mol. The standard InChI is InChI=1S/C10H4Cl4N2/c11-7-2-9(13)8(12)1-6(7)5-3-15-10(14)16-4-5/h1-4H. The van der Waals surface area contributed by atoms with Crippen LogP contribution in [0.4, 0.5) is 0 Å². The van der Waals surface area contributed by atoms with Gasteiger partial charge in [0.1, 0.15) is 0 Å². The van der Waals surface area contributed by atoms with Crippen molar-refractivity contribution in [3.63, 3.8) is 0 Å². The van der Waals surface area contributed by atoms with E-state index in [9.17, 15) is 0 Å². The summed E-state index contributed by atoms with van der Waals surface area (Å²) in [4.78, 5) is 7.74. The Labute approximate surface area is 112 Å². The molecule has 0 aliphatic heterocycles. The van der Waals surface area contributed by atoms with Crippen LogP contribution in [0.1, 0.15) is 0 Å². The maximum atomic E-state index is 6.04. The highest BCUT2D eigenvalue weighted by Gasteiger charge is 2.08. The SMILES string of the molecule is Clc1ncc(-c2cc(Cl)c(Cl)cc2Cl)cn1. The third-order valence-electron chi connectivity index (χ3n) is 1.94. The van der Waals surface area contributed by atoms with Gasteiger partial charge in [-0.2, -0.15) is 0 Å². The first kappa shape index (κ1) is 11.9. The highest BCUT2D eigenvalue weighted by Crippen LogP contribution is 2.34. The molecule has 0 saturated heterocycles. The van der Waals surface area contributed by atoms with E-state index in [4.69, 9.17) is 46.4 Å². The fourth-order valence-corrected chi connectivity index (χ4v) is 1.95. The zero-order valence-corrected chi connectivity index (χ0v) is 10.7. The molecule has 82 valence electrons. The fraction of sp³-hybridized carbons (Fsp3) is 0. The molecule has 0 atom stereocenters. The maximum Gasteiger partial charge on any atom is 0.222 e. The Bertz CT molecular complexity index is 525. The van der Waals surface area contributed by atoms with Crippen molar-refractivity contribution in [1.29, 1.82) is 0 Å². The van der Waals surface area contributed by atoms with Crippen molar-refractivity contribution in [2.24, 2.45) is 0 Å². The molecule has 2 nitrogen and oxygen atoms in total. The Morgan fingerprint density at radius 1 is 0.750 bits per heavy atom. The average molecular weight is 294 g/mol. The van der Waals surface area contributed by atoms with Crippen LogP contribution in [0.2, 0.25) is 20.4 Å². The number of aromatic nitrogens is 2. The van der Waals surface area contributed by atoms with Crippen LogP contribution in [0.15, 0.2) is 24.5 Å². The number of halogens is 4. The van der Waals surface area contributed by atoms with Crippen molar-refractivity contribution in [2.45, 2.75) is 0 Å². The van der Waals surface area contributed by atoms with Gasteiger partial charge in [-0.3, -0.25) is 0 Å². The number of nitrogens with zero attached hydrogens (tertiary/aromatic N) is 2. The molecule has 1 aromatic carbocycles.